The largest absolute Gasteiger partial charge is 0.506 e. The highest BCUT2D eigenvalue weighted by atomic mass is 16.3. The average Bonchev–Trinajstić information content (AvgIpc) is 2.45. The summed E-state index contributed by atoms with van der Waals surface area (Å²) < 4.78 is 0. The minimum absolute atomic E-state index is 0.0135. The number of nitrogens with zero attached hydrogens (tertiary/aromatic N) is 1. The molecule has 1 unspecified atom stereocenters. The average molecular weight is 256 g/mol. The van der Waals surface area contributed by atoms with Gasteiger partial charge in [0.2, 0.25) is 0 Å². The third kappa shape index (κ3) is 3.31. The Kier molecular flexibility index (Phi) is 4.13. The van der Waals surface area contributed by atoms with E-state index in [9.17, 15) is 9.90 Å². The Hall–Kier alpha value is -2.36. The molecule has 2 rings (SSSR count). The van der Waals surface area contributed by atoms with Crippen LogP contribution in [-0.2, 0) is 0 Å². The molecule has 2 aromatic rings. The van der Waals surface area contributed by atoms with Gasteiger partial charge >= 0.3 is 0 Å². The molecule has 0 aliphatic rings. The van der Waals surface area contributed by atoms with Crippen LogP contribution in [0.25, 0.3) is 0 Å². The fraction of sp³-hybridized carbons (Fsp3) is 0.200. The van der Waals surface area contributed by atoms with E-state index in [1.807, 2.05) is 37.3 Å². The van der Waals surface area contributed by atoms with Crippen LogP contribution in [0.3, 0.4) is 0 Å². The van der Waals surface area contributed by atoms with Crippen LogP contribution in [0.1, 0.15) is 35.3 Å². The van der Waals surface area contributed by atoms with E-state index in [0.29, 0.717) is 5.56 Å². The number of aromatic hydroxyl groups is 1. The lowest BCUT2D eigenvalue weighted by Crippen LogP contribution is -2.28. The molecular weight excluding hydrogens is 240 g/mol. The topological polar surface area (TPSA) is 62.2 Å². The minimum Gasteiger partial charge on any atom is -0.506 e. The number of carbonyl (C=O) groups is 1. The maximum Gasteiger partial charge on any atom is 0.253 e. The zero-order valence-corrected chi connectivity index (χ0v) is 10.7. The Bertz CT molecular complexity index is 555. The second-order valence-corrected chi connectivity index (χ2v) is 4.28. The van der Waals surface area contributed by atoms with Crippen molar-refractivity contribution in [2.75, 3.05) is 0 Å². The predicted octanol–water partition coefficient (Wildman–Crippen LogP) is 2.67. The number of nitrogens with one attached hydrogen (secondary N) is 1. The molecule has 1 amide bonds. The van der Waals surface area contributed by atoms with Crippen molar-refractivity contribution < 1.29 is 9.90 Å². The molecule has 1 aromatic heterocycles. The number of pyridine rings is 1. The Balaban J connectivity index is 2.13. The normalized spacial score (nSPS) is 11.8. The zero-order valence-electron chi connectivity index (χ0n) is 10.7. The first-order valence-electron chi connectivity index (χ1n) is 6.20. The molecule has 0 fully saturated rings. The van der Waals surface area contributed by atoms with Crippen molar-refractivity contribution in [2.45, 2.75) is 19.4 Å². The molecular formula is C15H16N2O2. The third-order valence-electron chi connectivity index (χ3n) is 2.90. The maximum atomic E-state index is 12.1. The third-order valence-corrected chi connectivity index (χ3v) is 2.90. The lowest BCUT2D eigenvalue weighted by Gasteiger charge is -2.17. The summed E-state index contributed by atoms with van der Waals surface area (Å²) in [5.74, 6) is -0.250. The van der Waals surface area contributed by atoms with Crippen LogP contribution >= 0.6 is 0 Å². The van der Waals surface area contributed by atoms with Gasteiger partial charge in [-0.05, 0) is 18.1 Å². The summed E-state index contributed by atoms with van der Waals surface area (Å²) in [4.78, 5) is 15.9. The Morgan fingerprint density at radius 1 is 1.32 bits per heavy atom. The van der Waals surface area contributed by atoms with Crippen LogP contribution in [0.2, 0.25) is 0 Å². The first-order chi connectivity index (χ1) is 9.20. The van der Waals surface area contributed by atoms with Gasteiger partial charge in [0.15, 0.2) is 0 Å². The van der Waals surface area contributed by atoms with Crippen LogP contribution in [0.5, 0.6) is 5.75 Å². The standard InChI is InChI=1S/C15H16N2O2/c1-2-14(11-6-4-3-5-7-11)17-15(19)12-8-13(18)10-16-9-12/h3-10,14,18H,2H2,1H3,(H,17,19). The molecule has 2 N–H and O–H groups in total. The quantitative estimate of drug-likeness (QED) is 0.884. The number of hydrogen-bond acceptors (Lipinski definition) is 3. The van der Waals surface area contributed by atoms with Crippen LogP contribution < -0.4 is 5.32 Å². The predicted molar refractivity (Wildman–Crippen MR) is 72.8 cm³/mol. The van der Waals surface area contributed by atoms with Crippen molar-refractivity contribution >= 4 is 5.91 Å². The number of amides is 1. The number of hydrogen-bond donors (Lipinski definition) is 2. The van der Waals surface area contributed by atoms with Crippen LogP contribution in [0, 0.1) is 0 Å². The van der Waals surface area contributed by atoms with Gasteiger partial charge in [-0.2, -0.15) is 0 Å². The molecule has 0 aliphatic carbocycles. The number of carbonyl (C=O) groups excluding carboxylic acids is 1. The lowest BCUT2D eigenvalue weighted by molar-refractivity contribution is 0.0935. The SMILES string of the molecule is CCC(NC(=O)c1cncc(O)c1)c1ccccc1. The fourth-order valence-electron chi connectivity index (χ4n) is 1.90. The molecule has 0 radical (unpaired) electrons. The Morgan fingerprint density at radius 3 is 2.68 bits per heavy atom. The summed E-state index contributed by atoms with van der Waals surface area (Å²) in [5, 5.41) is 12.3. The first-order valence-corrected chi connectivity index (χ1v) is 6.20. The molecule has 0 bridgehead atoms. The van der Waals surface area contributed by atoms with E-state index in [2.05, 4.69) is 10.3 Å². The van der Waals surface area contributed by atoms with Gasteiger partial charge in [-0.25, -0.2) is 0 Å². The van der Waals surface area contributed by atoms with Gasteiger partial charge < -0.3 is 10.4 Å². The highest BCUT2D eigenvalue weighted by Crippen LogP contribution is 2.17. The molecule has 19 heavy (non-hydrogen) atoms. The molecule has 4 nitrogen and oxygen atoms in total. The van der Waals surface area contributed by atoms with Crippen molar-refractivity contribution in [1.82, 2.24) is 10.3 Å². The van der Waals surface area contributed by atoms with E-state index >= 15 is 0 Å². The molecule has 0 saturated carbocycles. The summed E-state index contributed by atoms with van der Waals surface area (Å²) in [6.45, 7) is 2.01. The number of rotatable bonds is 4. The van der Waals surface area contributed by atoms with Gasteiger partial charge in [-0.3, -0.25) is 9.78 Å². The molecule has 1 atom stereocenters. The minimum atomic E-state index is -0.237. The van der Waals surface area contributed by atoms with E-state index in [0.717, 1.165) is 12.0 Å². The molecule has 0 spiro atoms. The second kappa shape index (κ2) is 6.00. The highest BCUT2D eigenvalue weighted by Gasteiger charge is 2.14. The van der Waals surface area contributed by atoms with Crippen LogP contribution in [0.15, 0.2) is 48.8 Å². The van der Waals surface area contributed by atoms with E-state index in [1.165, 1.54) is 18.5 Å². The summed E-state index contributed by atoms with van der Waals surface area (Å²) in [6.07, 6.45) is 3.53. The van der Waals surface area contributed by atoms with Gasteiger partial charge in [0.1, 0.15) is 5.75 Å². The summed E-state index contributed by atoms with van der Waals surface area (Å²) in [6, 6.07) is 11.2. The van der Waals surface area contributed by atoms with Gasteiger partial charge in [-0.1, -0.05) is 37.3 Å². The highest BCUT2D eigenvalue weighted by molar-refractivity contribution is 5.94. The van der Waals surface area contributed by atoms with E-state index in [1.54, 1.807) is 0 Å². The summed E-state index contributed by atoms with van der Waals surface area (Å²) in [5.41, 5.74) is 1.42. The van der Waals surface area contributed by atoms with Crippen molar-refractivity contribution in [3.05, 3.63) is 59.9 Å². The van der Waals surface area contributed by atoms with Crippen LogP contribution in [-0.4, -0.2) is 16.0 Å². The molecule has 4 heteroatoms. The molecule has 0 saturated heterocycles. The first kappa shape index (κ1) is 13.1. The van der Waals surface area contributed by atoms with Crippen molar-refractivity contribution in [3.63, 3.8) is 0 Å². The second-order valence-electron chi connectivity index (χ2n) is 4.28. The Labute approximate surface area is 112 Å². The molecule has 0 aliphatic heterocycles. The van der Waals surface area contributed by atoms with E-state index < -0.39 is 0 Å². The van der Waals surface area contributed by atoms with Gasteiger partial charge in [0.05, 0.1) is 17.8 Å². The summed E-state index contributed by atoms with van der Waals surface area (Å²) >= 11 is 0. The molecule has 1 heterocycles. The zero-order chi connectivity index (χ0) is 13.7. The molecule has 98 valence electrons. The summed E-state index contributed by atoms with van der Waals surface area (Å²) in [7, 11) is 0. The lowest BCUT2D eigenvalue weighted by atomic mass is 10.0. The van der Waals surface area contributed by atoms with Gasteiger partial charge in [0.25, 0.3) is 5.91 Å². The maximum absolute atomic E-state index is 12.1. The number of aromatic nitrogens is 1. The van der Waals surface area contributed by atoms with E-state index in [4.69, 9.17) is 0 Å². The van der Waals surface area contributed by atoms with E-state index in [-0.39, 0.29) is 17.7 Å². The van der Waals surface area contributed by atoms with Crippen molar-refractivity contribution in [3.8, 4) is 5.75 Å². The smallest absolute Gasteiger partial charge is 0.253 e. The van der Waals surface area contributed by atoms with Gasteiger partial charge in [-0.15, -0.1) is 0 Å². The molecule has 1 aromatic carbocycles. The fourth-order valence-corrected chi connectivity index (χ4v) is 1.90. The monoisotopic (exact) mass is 256 g/mol. The van der Waals surface area contributed by atoms with Crippen molar-refractivity contribution in [2.24, 2.45) is 0 Å². The Morgan fingerprint density at radius 2 is 2.05 bits per heavy atom. The number of benzene rings is 1. The van der Waals surface area contributed by atoms with Crippen LogP contribution in [0.4, 0.5) is 0 Å². The van der Waals surface area contributed by atoms with Crippen molar-refractivity contribution in [1.29, 1.82) is 0 Å². The van der Waals surface area contributed by atoms with Gasteiger partial charge in [0, 0.05) is 6.20 Å².